The summed E-state index contributed by atoms with van der Waals surface area (Å²) in [5.41, 5.74) is -2.12. The number of ether oxygens (including phenoxy) is 1. The van der Waals surface area contributed by atoms with Gasteiger partial charge in [0.15, 0.2) is 5.60 Å². The second-order valence-electron chi connectivity index (χ2n) is 4.16. The van der Waals surface area contributed by atoms with Crippen molar-refractivity contribution in [2.75, 3.05) is 0 Å². The van der Waals surface area contributed by atoms with Gasteiger partial charge >= 0.3 is 0 Å². The fourth-order valence-electron chi connectivity index (χ4n) is 2.24. The maximum absolute atomic E-state index is 13.4. The van der Waals surface area contributed by atoms with Crippen molar-refractivity contribution in [3.8, 4) is 11.5 Å². The van der Waals surface area contributed by atoms with E-state index in [-0.39, 0.29) is 22.6 Å². The summed E-state index contributed by atoms with van der Waals surface area (Å²) in [5, 5.41) is 10.4. The first-order valence-electron chi connectivity index (χ1n) is 5.51. The molecule has 0 radical (unpaired) electrons. The highest BCUT2D eigenvalue weighted by atomic mass is 19.3. The molecule has 0 saturated carbocycles. The first kappa shape index (κ1) is 11.2. The lowest BCUT2D eigenvalue weighted by atomic mass is 9.84. The van der Waals surface area contributed by atoms with Crippen LogP contribution in [-0.4, -0.2) is 11.5 Å². The van der Waals surface area contributed by atoms with E-state index in [0.29, 0.717) is 0 Å². The molecule has 0 fully saturated rings. The molecule has 3 rings (SSSR count). The molecule has 1 aliphatic heterocycles. The van der Waals surface area contributed by atoms with Crippen LogP contribution in [0.5, 0.6) is 11.5 Å². The second kappa shape index (κ2) is 3.78. The molecule has 1 N–H and O–H groups in total. The molecule has 0 aliphatic carbocycles. The average molecular weight is 248 g/mol. The first-order valence-corrected chi connectivity index (χ1v) is 5.51. The van der Waals surface area contributed by atoms with E-state index in [1.54, 1.807) is 36.4 Å². The molecule has 1 aliphatic rings. The van der Waals surface area contributed by atoms with Gasteiger partial charge in [0.1, 0.15) is 11.5 Å². The van der Waals surface area contributed by atoms with Crippen LogP contribution in [0.4, 0.5) is 8.78 Å². The summed E-state index contributed by atoms with van der Waals surface area (Å²) < 4.78 is 32.2. The van der Waals surface area contributed by atoms with E-state index in [9.17, 15) is 13.9 Å². The molecular formula is C14H10F2O2. The Kier molecular flexibility index (Phi) is 2.35. The molecule has 0 aromatic heterocycles. The van der Waals surface area contributed by atoms with E-state index >= 15 is 0 Å². The lowest BCUT2D eigenvalue weighted by Crippen LogP contribution is -2.38. The van der Waals surface area contributed by atoms with E-state index in [0.717, 1.165) is 0 Å². The van der Waals surface area contributed by atoms with Crippen LogP contribution in [0.15, 0.2) is 48.5 Å². The van der Waals surface area contributed by atoms with Crippen LogP contribution >= 0.6 is 0 Å². The molecule has 0 unspecified atom stereocenters. The summed E-state index contributed by atoms with van der Waals surface area (Å²) in [6.07, 6.45) is -2.93. The Morgan fingerprint density at radius 1 is 0.889 bits per heavy atom. The van der Waals surface area contributed by atoms with Gasteiger partial charge in [-0.2, -0.15) is 0 Å². The van der Waals surface area contributed by atoms with Gasteiger partial charge in [-0.05, 0) is 12.1 Å². The smallest absolute Gasteiger partial charge is 0.275 e. The van der Waals surface area contributed by atoms with Crippen LogP contribution in [0.1, 0.15) is 11.1 Å². The molecule has 0 amide bonds. The van der Waals surface area contributed by atoms with Gasteiger partial charge in [0.05, 0.1) is 0 Å². The molecule has 2 nitrogen and oxygen atoms in total. The molecule has 2 aromatic carbocycles. The van der Waals surface area contributed by atoms with Gasteiger partial charge in [0, 0.05) is 11.1 Å². The summed E-state index contributed by atoms with van der Waals surface area (Å²) in [4.78, 5) is 0. The summed E-state index contributed by atoms with van der Waals surface area (Å²) in [6, 6.07) is 12.6. The fourth-order valence-corrected chi connectivity index (χ4v) is 2.24. The van der Waals surface area contributed by atoms with E-state index in [1.807, 2.05) is 0 Å². The molecule has 92 valence electrons. The number of hydrogen-bond donors (Lipinski definition) is 1. The maximum atomic E-state index is 13.4. The number of alkyl halides is 2. The van der Waals surface area contributed by atoms with Crippen molar-refractivity contribution in [3.63, 3.8) is 0 Å². The quantitative estimate of drug-likeness (QED) is 0.839. The Hall–Kier alpha value is -1.94. The number of halogens is 2. The van der Waals surface area contributed by atoms with E-state index in [1.165, 1.54) is 12.1 Å². The highest BCUT2D eigenvalue weighted by Crippen LogP contribution is 2.49. The number of benzene rings is 2. The van der Waals surface area contributed by atoms with Crippen LogP contribution in [0.25, 0.3) is 0 Å². The van der Waals surface area contributed by atoms with E-state index in [2.05, 4.69) is 0 Å². The van der Waals surface area contributed by atoms with Gasteiger partial charge in [-0.15, -0.1) is 0 Å². The highest BCUT2D eigenvalue weighted by molar-refractivity contribution is 5.55. The maximum Gasteiger partial charge on any atom is 0.275 e. The molecule has 18 heavy (non-hydrogen) atoms. The Balaban J connectivity index is 2.31. The third kappa shape index (κ3) is 1.36. The van der Waals surface area contributed by atoms with Gasteiger partial charge in [-0.3, -0.25) is 0 Å². The van der Waals surface area contributed by atoms with Gasteiger partial charge in [0.25, 0.3) is 6.43 Å². The molecule has 1 heterocycles. The van der Waals surface area contributed by atoms with Gasteiger partial charge < -0.3 is 9.84 Å². The molecule has 2 aromatic rings. The van der Waals surface area contributed by atoms with Crippen LogP contribution in [0.3, 0.4) is 0 Å². The molecule has 0 spiro atoms. The van der Waals surface area contributed by atoms with Crippen molar-refractivity contribution >= 4 is 0 Å². The van der Waals surface area contributed by atoms with E-state index < -0.39 is 12.0 Å². The minimum atomic E-state index is -2.93. The first-order chi connectivity index (χ1) is 8.64. The van der Waals surface area contributed by atoms with Crippen molar-refractivity contribution in [2.24, 2.45) is 0 Å². The molecule has 4 heteroatoms. The third-order valence-corrected chi connectivity index (χ3v) is 3.13. The van der Waals surface area contributed by atoms with Crippen LogP contribution < -0.4 is 4.74 Å². The zero-order valence-corrected chi connectivity index (χ0v) is 9.31. The van der Waals surface area contributed by atoms with Crippen molar-refractivity contribution in [1.82, 2.24) is 0 Å². The lowest BCUT2D eigenvalue weighted by Gasteiger charge is -2.35. The molecule has 0 saturated heterocycles. The van der Waals surface area contributed by atoms with Crippen LogP contribution in [0, 0.1) is 0 Å². The number of para-hydroxylation sites is 2. The Labute approximate surface area is 102 Å². The molecular weight excluding hydrogens is 238 g/mol. The van der Waals surface area contributed by atoms with Crippen molar-refractivity contribution in [2.45, 2.75) is 12.0 Å². The highest BCUT2D eigenvalue weighted by Gasteiger charge is 2.47. The van der Waals surface area contributed by atoms with Gasteiger partial charge in [0.2, 0.25) is 0 Å². The Morgan fingerprint density at radius 3 is 1.78 bits per heavy atom. The largest absolute Gasteiger partial charge is 0.457 e. The third-order valence-electron chi connectivity index (χ3n) is 3.13. The van der Waals surface area contributed by atoms with Gasteiger partial charge in [-0.25, -0.2) is 8.78 Å². The minimum absolute atomic E-state index is 0.0960. The van der Waals surface area contributed by atoms with Crippen molar-refractivity contribution < 1.29 is 18.6 Å². The van der Waals surface area contributed by atoms with Crippen LogP contribution in [0.2, 0.25) is 0 Å². The average Bonchev–Trinajstić information content (AvgIpc) is 2.39. The predicted octanol–water partition coefficient (Wildman–Crippen LogP) is 3.29. The zero-order valence-electron chi connectivity index (χ0n) is 9.31. The monoisotopic (exact) mass is 248 g/mol. The topological polar surface area (TPSA) is 29.5 Å². The minimum Gasteiger partial charge on any atom is -0.457 e. The Bertz CT molecular complexity index is 550. The lowest BCUT2D eigenvalue weighted by molar-refractivity contribution is -0.0767. The summed E-state index contributed by atoms with van der Waals surface area (Å²) in [5.74, 6) is 0.526. The van der Waals surface area contributed by atoms with Crippen LogP contribution in [-0.2, 0) is 5.60 Å². The normalized spacial score (nSPS) is 15.8. The summed E-state index contributed by atoms with van der Waals surface area (Å²) >= 11 is 0. The summed E-state index contributed by atoms with van der Waals surface area (Å²) in [6.45, 7) is 0. The Morgan fingerprint density at radius 2 is 1.33 bits per heavy atom. The molecule has 0 atom stereocenters. The van der Waals surface area contributed by atoms with Gasteiger partial charge in [-0.1, -0.05) is 36.4 Å². The number of rotatable bonds is 1. The number of fused-ring (bicyclic) bond motifs is 2. The molecule has 0 bridgehead atoms. The predicted molar refractivity (Wildman–Crippen MR) is 62.0 cm³/mol. The standard InChI is InChI=1S/C14H10F2O2/c15-13(16)14(17)9-5-1-3-7-11(9)18-12-8-4-2-6-10(12)14/h1-8,13,17H. The fraction of sp³-hybridized carbons (Fsp3) is 0.143. The second-order valence-corrected chi connectivity index (χ2v) is 4.16. The number of hydrogen-bond acceptors (Lipinski definition) is 2. The zero-order chi connectivity index (χ0) is 12.8. The SMILES string of the molecule is OC1(C(F)F)c2ccccc2Oc2ccccc21. The summed E-state index contributed by atoms with van der Waals surface area (Å²) in [7, 11) is 0. The van der Waals surface area contributed by atoms with Crippen molar-refractivity contribution in [1.29, 1.82) is 0 Å². The van der Waals surface area contributed by atoms with E-state index in [4.69, 9.17) is 4.74 Å². The number of aliphatic hydroxyl groups is 1. The van der Waals surface area contributed by atoms with Crippen molar-refractivity contribution in [3.05, 3.63) is 59.7 Å².